The van der Waals surface area contributed by atoms with Gasteiger partial charge in [-0.3, -0.25) is 0 Å². The molecular weight excluding hydrogens is 132 g/mol. The Kier molecular flexibility index (Phi) is 3.82. The van der Waals surface area contributed by atoms with Crippen LogP contribution in [0.15, 0.2) is 0 Å². The lowest BCUT2D eigenvalue weighted by Crippen LogP contribution is -2.12. The minimum absolute atomic E-state index is 0.654. The van der Waals surface area contributed by atoms with Gasteiger partial charge in [0.05, 0.1) is 0 Å². The van der Waals surface area contributed by atoms with Crippen LogP contribution in [0.4, 0.5) is 0 Å². The van der Waals surface area contributed by atoms with Gasteiger partial charge in [-0.2, -0.15) is 0 Å². The number of hydrogen-bond acceptors (Lipinski definition) is 1. The first-order chi connectivity index (χ1) is 3.55. The molecule has 0 saturated carbocycles. The number of hydrogen-bond donors (Lipinski definition) is 1. The molecule has 0 N–H and O–H groups in total. The molecule has 0 aromatic rings. The van der Waals surface area contributed by atoms with Gasteiger partial charge in [0.1, 0.15) is 7.95 Å². The minimum atomic E-state index is -0.654. The van der Waals surface area contributed by atoms with Gasteiger partial charge in [0.15, 0.2) is 0 Å². The summed E-state index contributed by atoms with van der Waals surface area (Å²) in [4.78, 5) is 0. The van der Waals surface area contributed by atoms with Crippen LogP contribution in [-0.4, -0.2) is 7.95 Å². The number of rotatable bonds is 2. The molecule has 0 fully saturated rings. The predicted octanol–water partition coefficient (Wildman–Crippen LogP) is 2.46. The van der Waals surface area contributed by atoms with E-state index in [-0.39, 0.29) is 0 Å². The molecule has 0 aliphatic carbocycles. The van der Waals surface area contributed by atoms with E-state index in [9.17, 15) is 0 Å². The monoisotopic (exact) mass is 148 g/mol. The van der Waals surface area contributed by atoms with E-state index in [0.717, 1.165) is 11.1 Å². The van der Waals surface area contributed by atoms with Gasteiger partial charge in [-0.15, -0.1) is 0 Å². The summed E-state index contributed by atoms with van der Waals surface area (Å²) in [6.45, 7) is 9.07. The second kappa shape index (κ2) is 3.57. The molecule has 0 nitrogen and oxygen atoms in total. The summed E-state index contributed by atoms with van der Waals surface area (Å²) in [5.41, 5.74) is 1.69. The second-order valence-corrected chi connectivity index (χ2v) is 8.42. The third-order valence-electron chi connectivity index (χ3n) is 1.37. The fourth-order valence-corrected chi connectivity index (χ4v) is 2.31. The van der Waals surface area contributed by atoms with Gasteiger partial charge in [-0.1, -0.05) is 27.7 Å². The molecule has 0 spiro atoms. The maximum atomic E-state index is 4.56. The molecule has 0 aromatic carbocycles. The summed E-state index contributed by atoms with van der Waals surface area (Å²) in [7, 11) is -0.654. The van der Waals surface area contributed by atoms with Crippen molar-refractivity contribution in [3.8, 4) is 0 Å². The molecule has 8 heavy (non-hydrogen) atoms. The van der Waals surface area contributed by atoms with Crippen molar-refractivity contribution in [1.29, 1.82) is 0 Å². The van der Waals surface area contributed by atoms with E-state index < -0.39 is 7.95 Å². The van der Waals surface area contributed by atoms with E-state index in [1.807, 2.05) is 0 Å². The molecule has 0 radical (unpaired) electrons. The Morgan fingerprint density at radius 2 is 1.25 bits per heavy atom. The van der Waals surface area contributed by atoms with Gasteiger partial charge in [0.25, 0.3) is 0 Å². The highest BCUT2D eigenvalue weighted by Crippen LogP contribution is 2.21. The third kappa shape index (κ3) is 2.77. The zero-order chi connectivity index (χ0) is 6.73. The van der Waals surface area contributed by atoms with Crippen LogP contribution < -0.4 is 0 Å². The maximum absolute atomic E-state index is 4.56. The first kappa shape index (κ1) is 8.57. The molecule has 0 aliphatic rings. The first-order valence-corrected chi connectivity index (χ1v) is 6.63. The molecule has 0 atom stereocenters. The molecule has 2 heteroatoms. The number of thiol groups is 1. The molecule has 0 rings (SSSR count). The molecule has 0 saturated heterocycles. The van der Waals surface area contributed by atoms with Crippen LogP contribution in [0.25, 0.3) is 0 Å². The highest BCUT2D eigenvalue weighted by atomic mass is 32.3. The molecule has 0 aliphatic heterocycles. The van der Waals surface area contributed by atoms with Crippen molar-refractivity contribution < 1.29 is 0 Å². The van der Waals surface area contributed by atoms with Crippen LogP contribution in [0.3, 0.4) is 0 Å². The molecule has 0 bridgehead atoms. The third-order valence-corrected chi connectivity index (χ3v) is 7.68. The Morgan fingerprint density at radius 3 is 1.25 bits per heavy atom. The standard InChI is InChI=1S/C6H16SSi/c1-5(2)8(7)6(3)4/h5-8H,1-4H3. The van der Waals surface area contributed by atoms with Crippen molar-refractivity contribution in [2.45, 2.75) is 38.8 Å². The van der Waals surface area contributed by atoms with E-state index in [1.165, 1.54) is 0 Å². The summed E-state index contributed by atoms with van der Waals surface area (Å²) in [5, 5.41) is 0. The Hall–Kier alpha value is 0.567. The average Bonchev–Trinajstić information content (AvgIpc) is 1.64. The fraction of sp³-hybridized carbons (Fsp3) is 1.00. The zero-order valence-corrected chi connectivity index (χ0v) is 8.23. The van der Waals surface area contributed by atoms with Crippen molar-refractivity contribution in [2.75, 3.05) is 0 Å². The lowest BCUT2D eigenvalue weighted by atomic mass is 10.5. The van der Waals surface area contributed by atoms with Gasteiger partial charge >= 0.3 is 0 Å². The highest BCUT2D eigenvalue weighted by molar-refractivity contribution is 8.10. The van der Waals surface area contributed by atoms with Crippen molar-refractivity contribution in [2.24, 2.45) is 0 Å². The Balaban J connectivity index is 3.46. The normalized spacial score (nSPS) is 12.0. The highest BCUT2D eigenvalue weighted by Gasteiger charge is 2.13. The zero-order valence-electron chi connectivity index (χ0n) is 6.18. The Morgan fingerprint density at radius 1 is 1.00 bits per heavy atom. The lowest BCUT2D eigenvalue weighted by Gasteiger charge is -2.15. The van der Waals surface area contributed by atoms with Gasteiger partial charge in [-0.05, 0) is 11.1 Å². The molecule has 0 heterocycles. The minimum Gasteiger partial charge on any atom is -0.205 e. The van der Waals surface area contributed by atoms with Crippen LogP contribution in [0.2, 0.25) is 11.1 Å². The van der Waals surface area contributed by atoms with Crippen LogP contribution in [0, 0.1) is 0 Å². The summed E-state index contributed by atoms with van der Waals surface area (Å²) in [6.07, 6.45) is 0. The van der Waals surface area contributed by atoms with Crippen LogP contribution >= 0.6 is 12.1 Å². The van der Waals surface area contributed by atoms with E-state index >= 15 is 0 Å². The van der Waals surface area contributed by atoms with E-state index in [4.69, 9.17) is 0 Å². The van der Waals surface area contributed by atoms with Crippen molar-refractivity contribution in [3.05, 3.63) is 0 Å². The van der Waals surface area contributed by atoms with Crippen molar-refractivity contribution in [1.82, 2.24) is 0 Å². The molecule has 0 amide bonds. The summed E-state index contributed by atoms with van der Waals surface area (Å²) in [5.74, 6) is 0. The molecular formula is C6H16SSi. The van der Waals surface area contributed by atoms with Gasteiger partial charge in [-0.25, -0.2) is 12.1 Å². The molecule has 0 aromatic heterocycles. The van der Waals surface area contributed by atoms with E-state index in [1.54, 1.807) is 0 Å². The molecule has 0 unspecified atom stereocenters. The largest absolute Gasteiger partial charge is 0.205 e. The van der Waals surface area contributed by atoms with Gasteiger partial charge in [0, 0.05) is 0 Å². The lowest BCUT2D eigenvalue weighted by molar-refractivity contribution is 0.964. The van der Waals surface area contributed by atoms with E-state index in [2.05, 4.69) is 39.8 Å². The summed E-state index contributed by atoms with van der Waals surface area (Å²) < 4.78 is 0. The van der Waals surface area contributed by atoms with E-state index in [0.29, 0.717) is 0 Å². The van der Waals surface area contributed by atoms with Crippen LogP contribution in [0.1, 0.15) is 27.7 Å². The predicted molar refractivity (Wildman–Crippen MR) is 46.3 cm³/mol. The quantitative estimate of drug-likeness (QED) is 0.451. The van der Waals surface area contributed by atoms with Gasteiger partial charge in [0.2, 0.25) is 0 Å². The van der Waals surface area contributed by atoms with Crippen LogP contribution in [-0.2, 0) is 0 Å². The average molecular weight is 148 g/mol. The fourth-order valence-electron chi connectivity index (χ4n) is 0.770. The first-order valence-electron chi connectivity index (χ1n) is 3.23. The van der Waals surface area contributed by atoms with Crippen molar-refractivity contribution >= 4 is 20.0 Å². The maximum Gasteiger partial charge on any atom is 0.102 e. The SMILES string of the molecule is CC(C)[SiH](S)C(C)C. The topological polar surface area (TPSA) is 0 Å². The van der Waals surface area contributed by atoms with Gasteiger partial charge < -0.3 is 0 Å². The Labute approximate surface area is 59.3 Å². The summed E-state index contributed by atoms with van der Waals surface area (Å²) >= 11 is 4.56. The van der Waals surface area contributed by atoms with Crippen LogP contribution in [0.5, 0.6) is 0 Å². The molecule has 50 valence electrons. The Bertz CT molecular complexity index is 53.5. The summed E-state index contributed by atoms with van der Waals surface area (Å²) in [6, 6.07) is 0. The van der Waals surface area contributed by atoms with Crippen molar-refractivity contribution in [3.63, 3.8) is 0 Å². The smallest absolute Gasteiger partial charge is 0.102 e. The second-order valence-electron chi connectivity index (χ2n) is 2.98.